The predicted octanol–water partition coefficient (Wildman–Crippen LogP) is 2.79. The molecule has 0 aliphatic carbocycles. The fraction of sp³-hybridized carbons (Fsp3) is 0.400. The van der Waals surface area contributed by atoms with E-state index in [0.717, 1.165) is 6.42 Å². The molecule has 0 saturated carbocycles. The Labute approximate surface area is 105 Å². The molecule has 0 atom stereocenters. The molecule has 0 saturated heterocycles. The molecule has 0 fully saturated rings. The summed E-state index contributed by atoms with van der Waals surface area (Å²) >= 11 is 11.5. The van der Waals surface area contributed by atoms with E-state index in [4.69, 9.17) is 27.9 Å². The molecule has 1 rings (SSSR count). The smallest absolute Gasteiger partial charge is 0.174 e. The van der Waals surface area contributed by atoms with Gasteiger partial charge in [-0.05, 0) is 6.42 Å². The van der Waals surface area contributed by atoms with Crippen LogP contribution in [0, 0.1) is 0 Å². The lowest BCUT2D eigenvalue weighted by atomic mass is 10.4. The number of nitrogens with zero attached hydrogens (tertiary/aromatic N) is 2. The first-order chi connectivity index (χ1) is 7.74. The molecular formula is C10H13Cl2N3O. The zero-order valence-corrected chi connectivity index (χ0v) is 10.3. The zero-order valence-electron chi connectivity index (χ0n) is 8.75. The first-order valence-corrected chi connectivity index (χ1v) is 5.61. The van der Waals surface area contributed by atoms with Gasteiger partial charge in [0.05, 0.1) is 18.9 Å². The van der Waals surface area contributed by atoms with Crippen molar-refractivity contribution in [2.24, 2.45) is 0 Å². The summed E-state index contributed by atoms with van der Waals surface area (Å²) in [5, 5.41) is 11.0. The molecule has 0 aliphatic heterocycles. The second kappa shape index (κ2) is 7.44. The number of hydrogen-bond donors (Lipinski definition) is 1. The zero-order chi connectivity index (χ0) is 11.8. The van der Waals surface area contributed by atoms with Crippen LogP contribution in [-0.4, -0.2) is 30.0 Å². The Bertz CT molecular complexity index is 347. The van der Waals surface area contributed by atoms with Crippen molar-refractivity contribution in [3.63, 3.8) is 0 Å². The largest absolute Gasteiger partial charge is 0.380 e. The van der Waals surface area contributed by atoms with E-state index < -0.39 is 0 Å². The maximum Gasteiger partial charge on any atom is 0.174 e. The van der Waals surface area contributed by atoms with Crippen molar-refractivity contribution >= 4 is 28.9 Å². The average Bonchev–Trinajstić information content (AvgIpc) is 2.28. The second-order valence-electron chi connectivity index (χ2n) is 2.99. The highest BCUT2D eigenvalue weighted by atomic mass is 35.5. The normalized spacial score (nSPS) is 10.1. The summed E-state index contributed by atoms with van der Waals surface area (Å²) in [5.41, 5.74) is 0.661. The summed E-state index contributed by atoms with van der Waals surface area (Å²) in [4.78, 5) is 0. The number of aromatic nitrogens is 2. The van der Waals surface area contributed by atoms with E-state index in [1.54, 1.807) is 6.07 Å². The Kier molecular flexibility index (Phi) is 6.15. The summed E-state index contributed by atoms with van der Waals surface area (Å²) in [5.74, 6) is 0. The summed E-state index contributed by atoms with van der Waals surface area (Å²) < 4.78 is 5.32. The van der Waals surface area contributed by atoms with Gasteiger partial charge < -0.3 is 10.1 Å². The molecule has 1 aromatic rings. The number of ether oxygens (including phenoxy) is 1. The molecule has 88 valence electrons. The molecule has 1 aromatic heterocycles. The first kappa shape index (κ1) is 13.2. The SMILES string of the molecule is C=CCCOCCNc1cc(Cl)nnc1Cl. The fourth-order valence-electron chi connectivity index (χ4n) is 1.00. The Morgan fingerprint density at radius 2 is 2.19 bits per heavy atom. The minimum atomic E-state index is 0.301. The van der Waals surface area contributed by atoms with Gasteiger partial charge in [0, 0.05) is 12.6 Å². The quantitative estimate of drug-likeness (QED) is 0.606. The van der Waals surface area contributed by atoms with E-state index in [-0.39, 0.29) is 0 Å². The second-order valence-corrected chi connectivity index (χ2v) is 3.73. The average molecular weight is 262 g/mol. The molecule has 0 unspecified atom stereocenters. The van der Waals surface area contributed by atoms with Gasteiger partial charge in [0.1, 0.15) is 0 Å². The van der Waals surface area contributed by atoms with Gasteiger partial charge in [0.2, 0.25) is 0 Å². The molecule has 0 bridgehead atoms. The lowest BCUT2D eigenvalue weighted by Gasteiger charge is -2.07. The van der Waals surface area contributed by atoms with Crippen LogP contribution in [0.1, 0.15) is 6.42 Å². The molecular weight excluding hydrogens is 249 g/mol. The summed E-state index contributed by atoms with van der Waals surface area (Å²) in [6.45, 7) is 5.50. The van der Waals surface area contributed by atoms with E-state index in [0.29, 0.717) is 35.8 Å². The molecule has 16 heavy (non-hydrogen) atoms. The van der Waals surface area contributed by atoms with Gasteiger partial charge in [-0.1, -0.05) is 29.3 Å². The van der Waals surface area contributed by atoms with Crippen molar-refractivity contribution in [3.05, 3.63) is 29.0 Å². The third kappa shape index (κ3) is 4.79. The number of halogens is 2. The number of hydrogen-bond acceptors (Lipinski definition) is 4. The Morgan fingerprint density at radius 1 is 1.38 bits per heavy atom. The maximum atomic E-state index is 5.81. The van der Waals surface area contributed by atoms with E-state index in [9.17, 15) is 0 Å². The Balaban J connectivity index is 2.26. The van der Waals surface area contributed by atoms with Gasteiger partial charge in [-0.2, -0.15) is 0 Å². The van der Waals surface area contributed by atoms with Gasteiger partial charge in [0.25, 0.3) is 0 Å². The molecule has 0 amide bonds. The van der Waals surface area contributed by atoms with E-state index in [1.165, 1.54) is 0 Å². The standard InChI is InChI=1S/C10H13Cl2N3O/c1-2-3-5-16-6-4-13-8-7-9(11)14-15-10(8)12/h2,7H,1,3-6H2,(H,13,14). The van der Waals surface area contributed by atoms with Gasteiger partial charge in [-0.25, -0.2) is 0 Å². The minimum absolute atomic E-state index is 0.301. The summed E-state index contributed by atoms with van der Waals surface area (Å²) in [6, 6.07) is 1.63. The van der Waals surface area contributed by atoms with Crippen LogP contribution < -0.4 is 5.32 Å². The van der Waals surface area contributed by atoms with E-state index in [1.807, 2.05) is 6.08 Å². The predicted molar refractivity (Wildman–Crippen MR) is 66.2 cm³/mol. The van der Waals surface area contributed by atoms with Crippen LogP contribution in [0.15, 0.2) is 18.7 Å². The van der Waals surface area contributed by atoms with Gasteiger partial charge in [0.15, 0.2) is 10.3 Å². The molecule has 0 spiro atoms. The third-order valence-corrected chi connectivity index (χ3v) is 2.21. The van der Waals surface area contributed by atoms with Gasteiger partial charge in [-0.15, -0.1) is 16.8 Å². The van der Waals surface area contributed by atoms with Crippen LogP contribution >= 0.6 is 23.2 Å². The summed E-state index contributed by atoms with van der Waals surface area (Å²) in [7, 11) is 0. The van der Waals surface area contributed by atoms with Crippen LogP contribution in [0.2, 0.25) is 10.3 Å². The Hall–Kier alpha value is -0.840. The molecule has 4 nitrogen and oxygen atoms in total. The number of nitrogens with one attached hydrogen (secondary N) is 1. The van der Waals surface area contributed by atoms with Crippen LogP contribution in [0.4, 0.5) is 5.69 Å². The minimum Gasteiger partial charge on any atom is -0.380 e. The molecule has 0 radical (unpaired) electrons. The highest BCUT2D eigenvalue weighted by Gasteiger charge is 2.02. The monoisotopic (exact) mass is 261 g/mol. The highest BCUT2D eigenvalue weighted by molar-refractivity contribution is 6.33. The molecule has 1 heterocycles. The molecule has 0 aliphatic rings. The van der Waals surface area contributed by atoms with Gasteiger partial charge >= 0.3 is 0 Å². The third-order valence-electron chi connectivity index (χ3n) is 1.75. The fourth-order valence-corrected chi connectivity index (χ4v) is 1.31. The highest BCUT2D eigenvalue weighted by Crippen LogP contribution is 2.20. The van der Waals surface area contributed by atoms with Crippen molar-refractivity contribution in [2.45, 2.75) is 6.42 Å². The van der Waals surface area contributed by atoms with E-state index >= 15 is 0 Å². The van der Waals surface area contributed by atoms with Crippen molar-refractivity contribution in [2.75, 3.05) is 25.1 Å². The molecule has 0 aromatic carbocycles. The van der Waals surface area contributed by atoms with Crippen molar-refractivity contribution in [3.8, 4) is 0 Å². The maximum absolute atomic E-state index is 5.81. The van der Waals surface area contributed by atoms with Crippen molar-refractivity contribution < 1.29 is 4.74 Å². The van der Waals surface area contributed by atoms with Crippen LogP contribution in [-0.2, 0) is 4.74 Å². The van der Waals surface area contributed by atoms with Crippen molar-refractivity contribution in [1.29, 1.82) is 0 Å². The Morgan fingerprint density at radius 3 is 2.94 bits per heavy atom. The van der Waals surface area contributed by atoms with Gasteiger partial charge in [-0.3, -0.25) is 0 Å². The van der Waals surface area contributed by atoms with Crippen LogP contribution in [0.5, 0.6) is 0 Å². The number of rotatable bonds is 7. The molecule has 1 N–H and O–H groups in total. The van der Waals surface area contributed by atoms with Crippen LogP contribution in [0.3, 0.4) is 0 Å². The first-order valence-electron chi connectivity index (χ1n) is 4.85. The molecule has 6 heteroatoms. The number of anilines is 1. The lowest BCUT2D eigenvalue weighted by molar-refractivity contribution is 0.149. The van der Waals surface area contributed by atoms with Crippen LogP contribution in [0.25, 0.3) is 0 Å². The summed E-state index contributed by atoms with van der Waals surface area (Å²) in [6.07, 6.45) is 2.67. The van der Waals surface area contributed by atoms with Crippen molar-refractivity contribution in [1.82, 2.24) is 10.2 Å². The lowest BCUT2D eigenvalue weighted by Crippen LogP contribution is -2.10. The van der Waals surface area contributed by atoms with E-state index in [2.05, 4.69) is 22.1 Å². The topological polar surface area (TPSA) is 47.0 Å².